The number of nitrogens with zero attached hydrogens (tertiary/aromatic N) is 2. The maximum atomic E-state index is 13.9. The molecule has 0 radical (unpaired) electrons. The molecule has 2 fully saturated rings. The van der Waals surface area contributed by atoms with E-state index in [9.17, 15) is 18.4 Å². The Kier molecular flexibility index (Phi) is 6.26. The van der Waals surface area contributed by atoms with Gasteiger partial charge < -0.3 is 19.9 Å². The number of fused-ring (bicyclic) bond motifs is 2. The van der Waals surface area contributed by atoms with Gasteiger partial charge in [0.2, 0.25) is 6.41 Å². The van der Waals surface area contributed by atoms with E-state index in [0.29, 0.717) is 19.6 Å². The Balaban J connectivity index is 1.51. The molecule has 2 aliphatic rings. The van der Waals surface area contributed by atoms with E-state index < -0.39 is 11.6 Å². The number of ether oxygens (including phenoxy) is 1. The van der Waals surface area contributed by atoms with E-state index in [4.69, 9.17) is 4.74 Å². The molecule has 148 valence electrons. The summed E-state index contributed by atoms with van der Waals surface area (Å²) in [6.45, 7) is 2.94. The Labute approximate surface area is 157 Å². The van der Waals surface area contributed by atoms with Gasteiger partial charge in [0.25, 0.3) is 0 Å². The van der Waals surface area contributed by atoms with Gasteiger partial charge >= 0.3 is 6.09 Å². The summed E-state index contributed by atoms with van der Waals surface area (Å²) in [7, 11) is 0. The van der Waals surface area contributed by atoms with Gasteiger partial charge in [-0.3, -0.25) is 4.79 Å². The minimum absolute atomic E-state index is 0.0606. The van der Waals surface area contributed by atoms with Crippen LogP contribution in [0.5, 0.6) is 0 Å². The lowest BCUT2D eigenvalue weighted by Crippen LogP contribution is -2.52. The molecule has 2 unspecified atom stereocenters. The minimum atomic E-state index is -0.761. The number of carbonyl (C=O) groups is 2. The molecule has 2 heterocycles. The number of hydrogen-bond acceptors (Lipinski definition) is 4. The van der Waals surface area contributed by atoms with Crippen molar-refractivity contribution in [1.29, 1.82) is 0 Å². The molecule has 0 aliphatic carbocycles. The summed E-state index contributed by atoms with van der Waals surface area (Å²) in [6.07, 6.45) is 3.93. The number of piperidine rings is 1. The van der Waals surface area contributed by atoms with Gasteiger partial charge in [-0.2, -0.15) is 0 Å². The van der Waals surface area contributed by atoms with Crippen molar-refractivity contribution in [2.75, 3.05) is 24.6 Å². The number of hydrogen-bond donors (Lipinski definition) is 1. The summed E-state index contributed by atoms with van der Waals surface area (Å²) in [5.74, 6) is -1.44. The second-order valence-electron chi connectivity index (χ2n) is 7.01. The monoisotopic (exact) mass is 381 g/mol. The van der Waals surface area contributed by atoms with Crippen LogP contribution in [0.15, 0.2) is 18.2 Å². The highest BCUT2D eigenvalue weighted by atomic mass is 19.1. The second kappa shape index (κ2) is 8.65. The Hall–Kier alpha value is -2.22. The van der Waals surface area contributed by atoms with Crippen LogP contribution in [0.25, 0.3) is 0 Å². The van der Waals surface area contributed by atoms with Crippen molar-refractivity contribution in [3.63, 3.8) is 0 Å². The molecule has 3 rings (SSSR count). The van der Waals surface area contributed by atoms with E-state index in [-0.39, 0.29) is 36.5 Å². The molecule has 2 amide bonds. The standard InChI is InChI=1S/C19H25F2N3O3/c1-2-27-19(26)24-15-4-5-16(24)11-14(10-15)22-7-8-23(12-25)18-6-3-13(20)9-17(18)21/h3,6,9,12,14-16,22H,2,4-5,7-8,10-11H2,1H3. The number of halogens is 2. The highest BCUT2D eigenvalue weighted by Crippen LogP contribution is 2.36. The zero-order valence-corrected chi connectivity index (χ0v) is 15.4. The Morgan fingerprint density at radius 2 is 2.04 bits per heavy atom. The third kappa shape index (κ3) is 4.37. The van der Waals surface area contributed by atoms with Crippen molar-refractivity contribution in [2.45, 2.75) is 50.7 Å². The Morgan fingerprint density at radius 3 is 2.63 bits per heavy atom. The summed E-state index contributed by atoms with van der Waals surface area (Å²) in [6, 6.07) is 3.75. The first-order valence-corrected chi connectivity index (χ1v) is 9.39. The smallest absolute Gasteiger partial charge is 0.410 e. The average molecular weight is 381 g/mol. The van der Waals surface area contributed by atoms with Gasteiger partial charge in [-0.15, -0.1) is 0 Å². The predicted molar refractivity (Wildman–Crippen MR) is 96.5 cm³/mol. The van der Waals surface area contributed by atoms with Gasteiger partial charge in [0, 0.05) is 37.3 Å². The quantitative estimate of drug-likeness (QED) is 0.738. The maximum Gasteiger partial charge on any atom is 0.410 e. The first kappa shape index (κ1) is 19.5. The topological polar surface area (TPSA) is 61.9 Å². The first-order valence-electron chi connectivity index (χ1n) is 9.39. The zero-order chi connectivity index (χ0) is 19.4. The molecular weight excluding hydrogens is 356 g/mol. The zero-order valence-electron chi connectivity index (χ0n) is 15.4. The highest BCUT2D eigenvalue weighted by molar-refractivity contribution is 5.75. The van der Waals surface area contributed by atoms with Crippen LogP contribution >= 0.6 is 0 Å². The van der Waals surface area contributed by atoms with Crippen molar-refractivity contribution >= 4 is 18.2 Å². The fraction of sp³-hybridized carbons (Fsp3) is 0.579. The summed E-state index contributed by atoms with van der Waals surface area (Å²) >= 11 is 0. The van der Waals surface area contributed by atoms with Crippen LogP contribution in [-0.2, 0) is 9.53 Å². The minimum Gasteiger partial charge on any atom is -0.450 e. The van der Waals surface area contributed by atoms with Gasteiger partial charge in [-0.25, -0.2) is 13.6 Å². The fourth-order valence-corrected chi connectivity index (χ4v) is 4.17. The third-order valence-electron chi connectivity index (χ3n) is 5.34. The number of benzene rings is 1. The van der Waals surface area contributed by atoms with Crippen LogP contribution in [0.2, 0.25) is 0 Å². The van der Waals surface area contributed by atoms with Gasteiger partial charge in [-0.1, -0.05) is 0 Å². The van der Waals surface area contributed by atoms with Gasteiger partial charge in [0.1, 0.15) is 11.6 Å². The molecule has 1 N–H and O–H groups in total. The molecule has 2 saturated heterocycles. The van der Waals surface area contributed by atoms with Crippen LogP contribution in [0.1, 0.15) is 32.6 Å². The molecule has 1 aromatic rings. The van der Waals surface area contributed by atoms with Crippen LogP contribution in [0.4, 0.5) is 19.3 Å². The molecular formula is C19H25F2N3O3. The number of amides is 2. The summed E-state index contributed by atoms with van der Waals surface area (Å²) in [4.78, 5) is 26.5. The maximum absolute atomic E-state index is 13.9. The lowest BCUT2D eigenvalue weighted by atomic mass is 9.98. The molecule has 2 aliphatic heterocycles. The summed E-state index contributed by atoms with van der Waals surface area (Å²) in [5, 5.41) is 3.40. The van der Waals surface area contributed by atoms with E-state index in [1.54, 1.807) is 6.92 Å². The molecule has 0 aromatic heterocycles. The van der Waals surface area contributed by atoms with E-state index in [0.717, 1.165) is 37.8 Å². The summed E-state index contributed by atoms with van der Waals surface area (Å²) in [5.41, 5.74) is 0.0606. The van der Waals surface area contributed by atoms with Crippen molar-refractivity contribution in [3.8, 4) is 0 Å². The van der Waals surface area contributed by atoms with Gasteiger partial charge in [-0.05, 0) is 44.7 Å². The molecule has 0 saturated carbocycles. The largest absolute Gasteiger partial charge is 0.450 e. The Morgan fingerprint density at radius 1 is 1.33 bits per heavy atom. The van der Waals surface area contributed by atoms with Crippen LogP contribution < -0.4 is 10.2 Å². The molecule has 6 nitrogen and oxygen atoms in total. The SMILES string of the molecule is CCOC(=O)N1C2CCC1CC(NCCN(C=O)c1ccc(F)cc1F)C2. The van der Waals surface area contributed by atoms with E-state index in [1.807, 2.05) is 4.90 Å². The lowest BCUT2D eigenvalue weighted by molar-refractivity contribution is -0.107. The first-order chi connectivity index (χ1) is 13.0. The van der Waals surface area contributed by atoms with Gasteiger partial charge in [0.15, 0.2) is 0 Å². The fourth-order valence-electron chi connectivity index (χ4n) is 4.17. The summed E-state index contributed by atoms with van der Waals surface area (Å²) < 4.78 is 32.0. The molecule has 1 aromatic carbocycles. The number of nitrogens with one attached hydrogen (secondary N) is 1. The van der Waals surface area contributed by atoms with Crippen molar-refractivity contribution in [1.82, 2.24) is 10.2 Å². The second-order valence-corrected chi connectivity index (χ2v) is 7.01. The van der Waals surface area contributed by atoms with Crippen LogP contribution in [0, 0.1) is 11.6 Å². The van der Waals surface area contributed by atoms with Crippen molar-refractivity contribution in [2.24, 2.45) is 0 Å². The number of rotatable bonds is 7. The Bertz CT molecular complexity index is 674. The van der Waals surface area contributed by atoms with Crippen LogP contribution in [0.3, 0.4) is 0 Å². The normalized spacial score (nSPS) is 24.0. The van der Waals surface area contributed by atoms with E-state index in [1.165, 1.54) is 11.0 Å². The van der Waals surface area contributed by atoms with Crippen molar-refractivity contribution < 1.29 is 23.1 Å². The molecule has 2 bridgehead atoms. The van der Waals surface area contributed by atoms with Gasteiger partial charge in [0.05, 0.1) is 12.3 Å². The van der Waals surface area contributed by atoms with Crippen molar-refractivity contribution in [3.05, 3.63) is 29.8 Å². The molecule has 8 heteroatoms. The van der Waals surface area contributed by atoms with E-state index in [2.05, 4.69) is 5.32 Å². The molecule has 0 spiro atoms. The molecule has 27 heavy (non-hydrogen) atoms. The number of anilines is 1. The average Bonchev–Trinajstić information content (AvgIpc) is 2.90. The highest BCUT2D eigenvalue weighted by Gasteiger charge is 2.43. The molecule has 2 atom stereocenters. The third-order valence-corrected chi connectivity index (χ3v) is 5.34. The number of carbonyl (C=O) groups excluding carboxylic acids is 2. The van der Waals surface area contributed by atoms with E-state index >= 15 is 0 Å². The predicted octanol–water partition coefficient (Wildman–Crippen LogP) is 2.67. The van der Waals surface area contributed by atoms with Crippen LogP contribution in [-0.4, -0.2) is 55.2 Å². The lowest BCUT2D eigenvalue weighted by Gasteiger charge is -2.38.